The molecule has 0 saturated heterocycles. The second-order valence-electron chi connectivity index (χ2n) is 4.95. The normalized spacial score (nSPS) is 10.8. The molecular formula is C14H21F2N3O. The topological polar surface area (TPSA) is 35.6 Å². The lowest BCUT2D eigenvalue weighted by Gasteiger charge is -2.19. The van der Waals surface area contributed by atoms with Crippen LogP contribution in [0.1, 0.15) is 16.8 Å². The van der Waals surface area contributed by atoms with Gasteiger partial charge < -0.3 is 15.1 Å². The number of hydrogen-bond donors (Lipinski definition) is 1. The van der Waals surface area contributed by atoms with Crippen molar-refractivity contribution in [2.75, 3.05) is 46.6 Å². The lowest BCUT2D eigenvalue weighted by Crippen LogP contribution is -2.30. The molecule has 112 valence electrons. The van der Waals surface area contributed by atoms with E-state index >= 15 is 0 Å². The smallest absolute Gasteiger partial charge is 0.253 e. The summed E-state index contributed by atoms with van der Waals surface area (Å²) in [4.78, 5) is 15.6. The molecule has 1 N–H and O–H groups in total. The van der Waals surface area contributed by atoms with Crippen molar-refractivity contribution in [3.63, 3.8) is 0 Å². The molecule has 6 heteroatoms. The predicted molar refractivity (Wildman–Crippen MR) is 76.0 cm³/mol. The minimum Gasteiger partial charge on any atom is -0.383 e. The average molecular weight is 285 g/mol. The summed E-state index contributed by atoms with van der Waals surface area (Å²) in [6, 6.07) is 2.11. The molecule has 0 heterocycles. The summed E-state index contributed by atoms with van der Waals surface area (Å²) in [5, 5.41) is 2.43. The second-order valence-corrected chi connectivity index (χ2v) is 4.95. The van der Waals surface area contributed by atoms with Crippen molar-refractivity contribution < 1.29 is 13.6 Å². The van der Waals surface area contributed by atoms with Crippen LogP contribution in [0.2, 0.25) is 0 Å². The molecule has 0 aliphatic heterocycles. The highest BCUT2D eigenvalue weighted by Gasteiger charge is 2.17. The lowest BCUT2D eigenvalue weighted by molar-refractivity contribution is 0.0789. The molecule has 0 radical (unpaired) electrons. The monoisotopic (exact) mass is 285 g/mol. The lowest BCUT2D eigenvalue weighted by atomic mass is 10.1. The van der Waals surface area contributed by atoms with Gasteiger partial charge in [0.1, 0.15) is 17.3 Å². The van der Waals surface area contributed by atoms with Gasteiger partial charge in [-0.2, -0.15) is 0 Å². The highest BCUT2D eigenvalue weighted by Crippen LogP contribution is 2.20. The first-order chi connectivity index (χ1) is 9.36. The van der Waals surface area contributed by atoms with Crippen molar-refractivity contribution in [3.8, 4) is 0 Å². The van der Waals surface area contributed by atoms with Gasteiger partial charge in [-0.15, -0.1) is 0 Å². The molecule has 4 nitrogen and oxygen atoms in total. The van der Waals surface area contributed by atoms with E-state index in [9.17, 15) is 13.6 Å². The Bertz CT molecular complexity index is 454. The third kappa shape index (κ3) is 4.16. The van der Waals surface area contributed by atoms with Gasteiger partial charge >= 0.3 is 0 Å². The third-order valence-electron chi connectivity index (χ3n) is 2.98. The van der Waals surface area contributed by atoms with Crippen molar-refractivity contribution >= 4 is 11.6 Å². The number of carbonyl (C=O) groups excluding carboxylic acids is 1. The maximum Gasteiger partial charge on any atom is 0.253 e. The number of halogens is 2. The Kier molecular flexibility index (Phi) is 5.88. The van der Waals surface area contributed by atoms with E-state index in [1.807, 2.05) is 19.0 Å². The number of anilines is 1. The molecule has 0 fully saturated rings. The summed E-state index contributed by atoms with van der Waals surface area (Å²) in [7, 11) is 6.95. The molecule has 0 unspecified atom stereocenters. The molecule has 20 heavy (non-hydrogen) atoms. The van der Waals surface area contributed by atoms with E-state index in [0.29, 0.717) is 6.54 Å². The molecule has 0 aliphatic rings. The van der Waals surface area contributed by atoms with Gasteiger partial charge in [0.25, 0.3) is 5.91 Å². The molecule has 1 aromatic rings. The van der Waals surface area contributed by atoms with Crippen LogP contribution in [0.5, 0.6) is 0 Å². The molecule has 0 aromatic heterocycles. The van der Waals surface area contributed by atoms with Crippen LogP contribution in [0.25, 0.3) is 0 Å². The number of nitrogens with zero attached hydrogens (tertiary/aromatic N) is 2. The zero-order valence-electron chi connectivity index (χ0n) is 12.3. The van der Waals surface area contributed by atoms with Crippen LogP contribution in [0.4, 0.5) is 14.5 Å². The fraction of sp³-hybridized carbons (Fsp3) is 0.500. The van der Waals surface area contributed by atoms with Gasteiger partial charge in [0.05, 0.1) is 0 Å². The molecule has 1 aromatic carbocycles. The number of rotatable bonds is 6. The van der Waals surface area contributed by atoms with Crippen LogP contribution in [0.3, 0.4) is 0 Å². The molecule has 0 spiro atoms. The van der Waals surface area contributed by atoms with Crippen LogP contribution in [0.15, 0.2) is 12.1 Å². The molecular weight excluding hydrogens is 264 g/mol. The summed E-state index contributed by atoms with van der Waals surface area (Å²) in [5.41, 5.74) is -0.205. The minimum absolute atomic E-state index is 0.0198. The first-order valence-corrected chi connectivity index (χ1v) is 6.43. The first-order valence-electron chi connectivity index (χ1n) is 6.43. The number of amides is 1. The highest BCUT2D eigenvalue weighted by atomic mass is 19.1. The summed E-state index contributed by atoms with van der Waals surface area (Å²) in [6.07, 6.45) is 0.800. The maximum atomic E-state index is 13.6. The van der Waals surface area contributed by atoms with Crippen molar-refractivity contribution in [1.82, 2.24) is 9.80 Å². The fourth-order valence-corrected chi connectivity index (χ4v) is 1.88. The Balaban J connectivity index is 2.77. The number of nitrogens with one attached hydrogen (secondary N) is 1. The van der Waals surface area contributed by atoms with Gasteiger partial charge in [0.2, 0.25) is 0 Å². The molecule has 1 amide bonds. The molecule has 0 aliphatic carbocycles. The summed E-state index contributed by atoms with van der Waals surface area (Å²) in [5.74, 6) is -1.92. The Morgan fingerprint density at radius 3 is 2.15 bits per heavy atom. The van der Waals surface area contributed by atoms with Gasteiger partial charge in [-0.1, -0.05) is 0 Å². The largest absolute Gasteiger partial charge is 0.383 e. The van der Waals surface area contributed by atoms with E-state index in [-0.39, 0.29) is 17.2 Å². The predicted octanol–water partition coefficient (Wildman–Crippen LogP) is 2.03. The van der Waals surface area contributed by atoms with Gasteiger partial charge in [-0.3, -0.25) is 4.79 Å². The van der Waals surface area contributed by atoms with E-state index in [1.54, 1.807) is 7.05 Å². The highest BCUT2D eigenvalue weighted by molar-refractivity contribution is 5.94. The maximum absolute atomic E-state index is 13.6. The van der Waals surface area contributed by atoms with Gasteiger partial charge in [0, 0.05) is 26.2 Å². The summed E-state index contributed by atoms with van der Waals surface area (Å²) < 4.78 is 27.2. The van der Waals surface area contributed by atoms with E-state index in [0.717, 1.165) is 25.1 Å². The van der Waals surface area contributed by atoms with Crippen LogP contribution in [0, 0.1) is 11.6 Å². The second kappa shape index (κ2) is 7.19. The van der Waals surface area contributed by atoms with Crippen LogP contribution >= 0.6 is 0 Å². The number of hydrogen-bond acceptors (Lipinski definition) is 3. The van der Waals surface area contributed by atoms with Crippen molar-refractivity contribution in [2.45, 2.75) is 6.42 Å². The van der Waals surface area contributed by atoms with Crippen molar-refractivity contribution in [2.24, 2.45) is 0 Å². The van der Waals surface area contributed by atoms with E-state index < -0.39 is 11.6 Å². The zero-order valence-corrected chi connectivity index (χ0v) is 12.3. The Morgan fingerprint density at radius 2 is 1.70 bits per heavy atom. The van der Waals surface area contributed by atoms with Crippen LogP contribution < -0.4 is 5.32 Å². The quantitative estimate of drug-likeness (QED) is 0.868. The fourth-order valence-electron chi connectivity index (χ4n) is 1.88. The minimum atomic E-state index is -0.766. The molecule has 0 saturated carbocycles. The van der Waals surface area contributed by atoms with Gasteiger partial charge in [0.15, 0.2) is 0 Å². The Hall–Kier alpha value is -1.69. The SMILES string of the molecule is CNc1c(F)cc(C(=O)N(C)CCCN(C)C)cc1F. The zero-order chi connectivity index (χ0) is 15.3. The molecule has 0 atom stereocenters. The van der Waals surface area contributed by atoms with Crippen molar-refractivity contribution in [3.05, 3.63) is 29.3 Å². The van der Waals surface area contributed by atoms with Crippen molar-refractivity contribution in [1.29, 1.82) is 0 Å². The number of benzene rings is 1. The average Bonchev–Trinajstić information content (AvgIpc) is 2.36. The van der Waals surface area contributed by atoms with Gasteiger partial charge in [-0.25, -0.2) is 8.78 Å². The number of carbonyl (C=O) groups is 1. The molecule has 1 rings (SSSR count). The first kappa shape index (κ1) is 16.4. The van der Waals surface area contributed by atoms with E-state index in [1.165, 1.54) is 11.9 Å². The van der Waals surface area contributed by atoms with E-state index in [4.69, 9.17) is 0 Å². The summed E-state index contributed by atoms with van der Waals surface area (Å²) >= 11 is 0. The van der Waals surface area contributed by atoms with E-state index in [2.05, 4.69) is 5.32 Å². The standard InChI is InChI=1S/C14H21F2N3O/c1-17-13-11(15)8-10(9-12(13)16)14(20)19(4)7-5-6-18(2)3/h8-9,17H,5-7H2,1-4H3. The van der Waals surface area contributed by atoms with Crippen LogP contribution in [-0.2, 0) is 0 Å². The third-order valence-corrected chi connectivity index (χ3v) is 2.98. The van der Waals surface area contributed by atoms with Crippen LogP contribution in [-0.4, -0.2) is 57.0 Å². The Labute approximate surface area is 118 Å². The molecule has 0 bridgehead atoms. The van der Waals surface area contributed by atoms with Gasteiger partial charge in [-0.05, 0) is 39.2 Å². The Morgan fingerprint density at radius 1 is 1.15 bits per heavy atom. The summed E-state index contributed by atoms with van der Waals surface area (Å²) in [6.45, 7) is 1.38.